The van der Waals surface area contributed by atoms with Gasteiger partial charge in [0.25, 0.3) is 0 Å². The van der Waals surface area contributed by atoms with Gasteiger partial charge in [0.15, 0.2) is 0 Å². The molecule has 0 aromatic carbocycles. The van der Waals surface area contributed by atoms with Crippen LogP contribution in [0.3, 0.4) is 0 Å². The Morgan fingerprint density at radius 1 is 1.40 bits per heavy atom. The van der Waals surface area contributed by atoms with Crippen molar-refractivity contribution in [2.45, 2.75) is 32.6 Å². The normalized spacial score (nSPS) is 37.5. The summed E-state index contributed by atoms with van der Waals surface area (Å²) in [6.45, 7) is 2.10. The second-order valence-electron chi connectivity index (χ2n) is 5.96. The van der Waals surface area contributed by atoms with E-state index in [-0.39, 0.29) is 15.9 Å². The third-order valence-corrected chi connectivity index (χ3v) is 5.13. The number of hydrogen-bond donors (Lipinski definition) is 3. The van der Waals surface area contributed by atoms with Gasteiger partial charge in [-0.3, -0.25) is 9.59 Å². The highest BCUT2D eigenvalue weighted by atomic mass is 32.1. The fourth-order valence-corrected chi connectivity index (χ4v) is 4.73. The lowest BCUT2D eigenvalue weighted by Gasteiger charge is -2.51. The van der Waals surface area contributed by atoms with E-state index in [1.807, 2.05) is 0 Å². The monoisotopic (exact) mass is 313 g/mol. The summed E-state index contributed by atoms with van der Waals surface area (Å²) in [6.07, 6.45) is 3.36. The van der Waals surface area contributed by atoms with Crippen molar-refractivity contribution < 1.29 is 9.59 Å². The van der Waals surface area contributed by atoms with Crippen molar-refractivity contribution in [1.29, 1.82) is 0 Å². The summed E-state index contributed by atoms with van der Waals surface area (Å²) in [5.74, 6) is -1.77. The number of nitrogens with one attached hydrogen (secondary N) is 1. The van der Waals surface area contributed by atoms with Crippen LogP contribution in [0.1, 0.15) is 32.6 Å². The van der Waals surface area contributed by atoms with E-state index in [0.29, 0.717) is 18.8 Å². The molecule has 1 heterocycles. The van der Waals surface area contributed by atoms with Crippen molar-refractivity contribution in [2.75, 3.05) is 0 Å². The van der Waals surface area contributed by atoms with Gasteiger partial charge in [-0.25, -0.2) is 0 Å². The summed E-state index contributed by atoms with van der Waals surface area (Å²) in [7, 11) is 0. The van der Waals surface area contributed by atoms with Gasteiger partial charge in [-0.2, -0.15) is 0 Å². The molecular weight excluding hydrogens is 294 g/mol. The first kappa shape index (κ1) is 15.3. The topological polar surface area (TPSA) is 98.2 Å². The Kier molecular flexibility index (Phi) is 4.11. The van der Waals surface area contributed by atoms with Crippen LogP contribution in [0.25, 0.3) is 0 Å². The molecule has 7 heteroatoms. The van der Waals surface area contributed by atoms with Crippen molar-refractivity contribution in [2.24, 2.45) is 34.6 Å². The standard InChI is InChI=1S/C13H19N3O2S2/c1-6-3-2-4-13(5-6)7(9(14)17)12(20)16-11(18)8(13)10(15)19/h6-8H,2-5H2,1H3,(H2,14,17)(H2,15,19)(H,16,18,20)/t6-,7+,8+,13-/m1/s1. The Morgan fingerprint density at radius 2 is 2.05 bits per heavy atom. The van der Waals surface area contributed by atoms with Gasteiger partial charge in [0.1, 0.15) is 0 Å². The van der Waals surface area contributed by atoms with E-state index in [1.54, 1.807) is 0 Å². The first-order valence-corrected chi connectivity index (χ1v) is 7.54. The molecule has 1 aliphatic carbocycles. The highest BCUT2D eigenvalue weighted by Crippen LogP contribution is 2.52. The summed E-state index contributed by atoms with van der Waals surface area (Å²) >= 11 is 10.3. The molecule has 5 nitrogen and oxygen atoms in total. The van der Waals surface area contributed by atoms with E-state index in [1.165, 1.54) is 0 Å². The van der Waals surface area contributed by atoms with Crippen molar-refractivity contribution in [1.82, 2.24) is 5.32 Å². The third kappa shape index (κ3) is 2.33. The van der Waals surface area contributed by atoms with Crippen LogP contribution in [0.15, 0.2) is 0 Å². The summed E-state index contributed by atoms with van der Waals surface area (Å²) in [5, 5.41) is 2.55. The molecule has 0 radical (unpaired) electrons. The van der Waals surface area contributed by atoms with E-state index in [2.05, 4.69) is 12.2 Å². The van der Waals surface area contributed by atoms with Gasteiger partial charge in [0.2, 0.25) is 11.8 Å². The Labute approximate surface area is 128 Å². The number of carbonyl (C=O) groups excluding carboxylic acids is 2. The quantitative estimate of drug-likeness (QED) is 0.650. The van der Waals surface area contributed by atoms with E-state index < -0.39 is 23.2 Å². The highest BCUT2D eigenvalue weighted by Gasteiger charge is 2.58. The van der Waals surface area contributed by atoms with Gasteiger partial charge in [-0.15, -0.1) is 0 Å². The lowest BCUT2D eigenvalue weighted by Crippen LogP contribution is -2.64. The smallest absolute Gasteiger partial charge is 0.235 e. The second kappa shape index (κ2) is 5.37. The Morgan fingerprint density at radius 3 is 2.55 bits per heavy atom. The van der Waals surface area contributed by atoms with Crippen molar-refractivity contribution in [3.63, 3.8) is 0 Å². The predicted octanol–water partition coefficient (Wildman–Crippen LogP) is 0.644. The molecule has 0 unspecified atom stereocenters. The molecular formula is C13H19N3O2S2. The number of rotatable bonds is 2. The zero-order valence-electron chi connectivity index (χ0n) is 11.3. The van der Waals surface area contributed by atoms with Crippen LogP contribution in [0.4, 0.5) is 0 Å². The summed E-state index contributed by atoms with van der Waals surface area (Å²) in [6, 6.07) is 0. The Hall–Kier alpha value is -1.08. The van der Waals surface area contributed by atoms with Crippen LogP contribution in [-0.2, 0) is 9.59 Å². The van der Waals surface area contributed by atoms with Crippen LogP contribution in [0.2, 0.25) is 0 Å². The molecule has 2 fully saturated rings. The SMILES string of the molecule is C[C@@H]1CCC[C@]2(C1)[C@@H](C(N)=S)C(=O)NC(=S)[C@@H]2C(N)=O. The molecule has 2 rings (SSSR count). The lowest BCUT2D eigenvalue weighted by molar-refractivity contribution is -0.134. The van der Waals surface area contributed by atoms with Gasteiger partial charge in [-0.05, 0) is 18.8 Å². The maximum Gasteiger partial charge on any atom is 0.235 e. The number of nitrogens with two attached hydrogens (primary N) is 2. The Balaban J connectivity index is 2.55. The number of primary amides is 1. The number of piperidine rings is 1. The summed E-state index contributed by atoms with van der Waals surface area (Å²) in [5.41, 5.74) is 10.7. The Bertz CT molecular complexity index is 460. The maximum absolute atomic E-state index is 12.3. The fraction of sp³-hybridized carbons (Fsp3) is 0.692. The molecule has 2 amide bonds. The minimum atomic E-state index is -0.676. The molecule has 2 aliphatic rings. The predicted molar refractivity (Wildman–Crippen MR) is 83.8 cm³/mol. The number of amides is 2. The van der Waals surface area contributed by atoms with Gasteiger partial charge in [-0.1, -0.05) is 44.2 Å². The zero-order valence-corrected chi connectivity index (χ0v) is 13.0. The van der Waals surface area contributed by atoms with Crippen LogP contribution in [-0.4, -0.2) is 21.8 Å². The molecule has 20 heavy (non-hydrogen) atoms. The molecule has 0 aromatic rings. The van der Waals surface area contributed by atoms with Crippen LogP contribution in [0, 0.1) is 23.2 Å². The summed E-state index contributed by atoms with van der Waals surface area (Å²) < 4.78 is 0. The number of thiocarbonyl (C=S) groups is 2. The van der Waals surface area contributed by atoms with Crippen LogP contribution >= 0.6 is 24.4 Å². The number of hydrogen-bond acceptors (Lipinski definition) is 4. The summed E-state index contributed by atoms with van der Waals surface area (Å²) in [4.78, 5) is 24.5. The fourth-order valence-electron chi connectivity index (χ4n) is 3.94. The lowest BCUT2D eigenvalue weighted by atomic mass is 9.55. The molecule has 1 aliphatic heterocycles. The van der Waals surface area contributed by atoms with E-state index in [9.17, 15) is 9.59 Å². The molecule has 4 atom stereocenters. The number of carbonyl (C=O) groups is 2. The average molecular weight is 313 g/mol. The minimum absolute atomic E-state index is 0.116. The highest BCUT2D eigenvalue weighted by molar-refractivity contribution is 7.80. The molecule has 1 spiro atoms. The van der Waals surface area contributed by atoms with Gasteiger partial charge >= 0.3 is 0 Å². The van der Waals surface area contributed by atoms with Crippen molar-refractivity contribution in [3.8, 4) is 0 Å². The zero-order chi connectivity index (χ0) is 15.1. The van der Waals surface area contributed by atoms with Gasteiger partial charge in [0.05, 0.1) is 21.8 Å². The molecule has 1 saturated heterocycles. The first-order valence-electron chi connectivity index (χ1n) is 6.73. The molecule has 0 bridgehead atoms. The van der Waals surface area contributed by atoms with Gasteiger partial charge in [0, 0.05) is 5.41 Å². The van der Waals surface area contributed by atoms with E-state index in [4.69, 9.17) is 35.9 Å². The maximum atomic E-state index is 12.3. The van der Waals surface area contributed by atoms with Crippen LogP contribution in [0.5, 0.6) is 0 Å². The minimum Gasteiger partial charge on any atom is -0.393 e. The molecule has 1 saturated carbocycles. The third-order valence-electron chi connectivity index (χ3n) is 4.56. The van der Waals surface area contributed by atoms with Crippen molar-refractivity contribution in [3.05, 3.63) is 0 Å². The second-order valence-corrected chi connectivity index (χ2v) is 6.87. The molecule has 5 N–H and O–H groups in total. The largest absolute Gasteiger partial charge is 0.393 e. The van der Waals surface area contributed by atoms with E-state index >= 15 is 0 Å². The van der Waals surface area contributed by atoms with E-state index in [0.717, 1.165) is 12.8 Å². The average Bonchev–Trinajstić information content (AvgIpc) is 2.25. The van der Waals surface area contributed by atoms with Crippen LogP contribution < -0.4 is 16.8 Å². The molecule has 0 aromatic heterocycles. The van der Waals surface area contributed by atoms with Gasteiger partial charge < -0.3 is 16.8 Å². The molecule has 110 valence electrons. The first-order chi connectivity index (χ1) is 9.29. The van der Waals surface area contributed by atoms with Crippen molar-refractivity contribution >= 4 is 46.2 Å².